The number of rotatable bonds is 4. The van der Waals surface area contributed by atoms with Crippen LogP contribution in [0.25, 0.3) is 0 Å². The molecule has 1 aliphatic heterocycles. The average molecular weight is 357 g/mol. The highest BCUT2D eigenvalue weighted by Crippen LogP contribution is 2.39. The van der Waals surface area contributed by atoms with Crippen LogP contribution in [0.15, 0.2) is 24.4 Å². The molecule has 0 unspecified atom stereocenters. The lowest BCUT2D eigenvalue weighted by Gasteiger charge is -2.08. The molecule has 0 fully saturated rings. The first-order valence-electron chi connectivity index (χ1n) is 6.43. The molecule has 0 aliphatic carbocycles. The predicted octanol–water partition coefficient (Wildman–Crippen LogP) is 2.85. The van der Waals surface area contributed by atoms with E-state index in [2.05, 4.69) is 10.3 Å². The van der Waals surface area contributed by atoms with Crippen molar-refractivity contribution in [1.82, 2.24) is 4.98 Å². The van der Waals surface area contributed by atoms with Gasteiger partial charge in [-0.3, -0.25) is 4.79 Å². The Morgan fingerprint density at radius 2 is 1.96 bits per heavy atom. The van der Waals surface area contributed by atoms with Crippen molar-refractivity contribution in [3.05, 3.63) is 40.1 Å². The number of carbonyl (C=O) groups excluding carboxylic acids is 2. The molecule has 9 heteroatoms. The van der Waals surface area contributed by atoms with Crippen molar-refractivity contribution in [2.75, 3.05) is 18.7 Å². The van der Waals surface area contributed by atoms with E-state index in [4.69, 9.17) is 37.4 Å². The van der Waals surface area contributed by atoms with Crippen LogP contribution in [0.5, 0.6) is 11.5 Å². The van der Waals surface area contributed by atoms with Gasteiger partial charge in [-0.1, -0.05) is 23.2 Å². The van der Waals surface area contributed by atoms with E-state index >= 15 is 0 Å². The third-order valence-corrected chi connectivity index (χ3v) is 3.47. The number of nitrogens with one attached hydrogen (secondary N) is 2. The molecule has 1 aromatic carbocycles. The Hall–Kier alpha value is -2.38. The van der Waals surface area contributed by atoms with Gasteiger partial charge in [-0.2, -0.15) is 0 Å². The van der Waals surface area contributed by atoms with Gasteiger partial charge in [-0.05, 0) is 6.07 Å². The van der Waals surface area contributed by atoms with E-state index in [-0.39, 0.29) is 17.5 Å². The summed E-state index contributed by atoms with van der Waals surface area (Å²) in [4.78, 5) is 26.2. The van der Waals surface area contributed by atoms with E-state index in [1.807, 2.05) is 0 Å². The summed E-state index contributed by atoms with van der Waals surface area (Å²) < 4.78 is 15.2. The highest BCUT2D eigenvalue weighted by Gasteiger charge is 2.18. The number of hydrogen-bond acceptors (Lipinski definition) is 5. The Labute approximate surface area is 140 Å². The van der Waals surface area contributed by atoms with Crippen molar-refractivity contribution in [2.24, 2.45) is 0 Å². The average Bonchev–Trinajstić information content (AvgIpc) is 3.13. The molecule has 3 rings (SSSR count). The maximum Gasteiger partial charge on any atom is 0.355 e. The van der Waals surface area contributed by atoms with Crippen LogP contribution >= 0.6 is 23.2 Å². The minimum absolute atomic E-state index is 0.0966. The van der Waals surface area contributed by atoms with Crippen LogP contribution in [0.3, 0.4) is 0 Å². The lowest BCUT2D eigenvalue weighted by atomic mass is 10.2. The summed E-state index contributed by atoms with van der Waals surface area (Å²) >= 11 is 11.7. The van der Waals surface area contributed by atoms with Gasteiger partial charge in [-0.25, -0.2) is 4.79 Å². The van der Waals surface area contributed by atoms with Gasteiger partial charge in [0, 0.05) is 18.3 Å². The SMILES string of the molecule is O=C(COC(=O)c1cc(Cl)c[nH]1)Nc1cc2c(cc1Cl)OCO2. The molecule has 0 bridgehead atoms. The Kier molecular flexibility index (Phi) is 4.31. The van der Waals surface area contributed by atoms with Crippen molar-refractivity contribution in [2.45, 2.75) is 0 Å². The molecule has 2 N–H and O–H groups in total. The molecule has 0 saturated carbocycles. The highest BCUT2D eigenvalue weighted by atomic mass is 35.5. The second-order valence-corrected chi connectivity index (χ2v) is 5.38. The Morgan fingerprint density at radius 1 is 1.22 bits per heavy atom. The Balaban J connectivity index is 1.58. The second kappa shape index (κ2) is 6.39. The number of anilines is 1. The fraction of sp³-hybridized carbons (Fsp3) is 0.143. The normalized spacial score (nSPS) is 12.1. The molecule has 0 atom stereocenters. The van der Waals surface area contributed by atoms with E-state index in [0.717, 1.165) is 0 Å². The minimum atomic E-state index is -0.691. The first-order valence-corrected chi connectivity index (χ1v) is 7.18. The number of amides is 1. The van der Waals surface area contributed by atoms with E-state index in [9.17, 15) is 9.59 Å². The molecular weight excluding hydrogens is 347 g/mol. The summed E-state index contributed by atoms with van der Waals surface area (Å²) in [6.07, 6.45) is 1.44. The minimum Gasteiger partial charge on any atom is -0.454 e. The quantitative estimate of drug-likeness (QED) is 0.822. The van der Waals surface area contributed by atoms with Crippen LogP contribution in [-0.4, -0.2) is 30.3 Å². The van der Waals surface area contributed by atoms with E-state index in [1.54, 1.807) is 0 Å². The predicted molar refractivity (Wildman–Crippen MR) is 82.3 cm³/mol. The van der Waals surface area contributed by atoms with Crippen LogP contribution in [-0.2, 0) is 9.53 Å². The van der Waals surface area contributed by atoms with Crippen molar-refractivity contribution in [3.8, 4) is 11.5 Å². The van der Waals surface area contributed by atoms with Gasteiger partial charge in [0.1, 0.15) is 5.69 Å². The number of aromatic amines is 1. The van der Waals surface area contributed by atoms with Gasteiger partial charge in [-0.15, -0.1) is 0 Å². The Bertz CT molecular complexity index is 775. The van der Waals surface area contributed by atoms with E-state index in [0.29, 0.717) is 22.2 Å². The van der Waals surface area contributed by atoms with Crippen LogP contribution in [0.2, 0.25) is 10.0 Å². The third kappa shape index (κ3) is 3.52. The summed E-state index contributed by atoms with van der Waals surface area (Å²) in [5.41, 5.74) is 0.490. The first kappa shape index (κ1) is 15.5. The molecule has 0 spiro atoms. The summed E-state index contributed by atoms with van der Waals surface area (Å²) in [6, 6.07) is 4.47. The van der Waals surface area contributed by atoms with Gasteiger partial charge in [0.25, 0.3) is 5.91 Å². The lowest BCUT2D eigenvalue weighted by molar-refractivity contribution is -0.119. The van der Waals surface area contributed by atoms with Gasteiger partial charge >= 0.3 is 5.97 Å². The van der Waals surface area contributed by atoms with Crippen molar-refractivity contribution >= 4 is 40.8 Å². The van der Waals surface area contributed by atoms with Gasteiger partial charge < -0.3 is 24.5 Å². The van der Waals surface area contributed by atoms with E-state index in [1.165, 1.54) is 24.4 Å². The first-order chi connectivity index (χ1) is 11.0. The smallest absolute Gasteiger partial charge is 0.355 e. The molecule has 7 nitrogen and oxygen atoms in total. The molecule has 2 aromatic rings. The number of esters is 1. The van der Waals surface area contributed by atoms with Crippen LogP contribution in [0, 0.1) is 0 Å². The number of fused-ring (bicyclic) bond motifs is 1. The number of aromatic nitrogens is 1. The molecule has 120 valence electrons. The van der Waals surface area contributed by atoms with Crippen LogP contribution < -0.4 is 14.8 Å². The third-order valence-electron chi connectivity index (χ3n) is 2.94. The molecule has 1 aromatic heterocycles. The standard InChI is InChI=1S/C14H10Cl2N2O5/c15-7-1-10(17-4-7)14(20)21-5-13(19)18-9-3-12-11(2-8(9)16)22-6-23-12/h1-4,17H,5-6H2,(H,18,19). The molecule has 0 radical (unpaired) electrons. The number of halogens is 2. The number of carbonyl (C=O) groups is 2. The van der Waals surface area contributed by atoms with Gasteiger partial charge in [0.05, 0.1) is 15.7 Å². The maximum absolute atomic E-state index is 11.9. The van der Waals surface area contributed by atoms with Crippen LogP contribution in [0.4, 0.5) is 5.69 Å². The fourth-order valence-electron chi connectivity index (χ4n) is 1.89. The number of ether oxygens (including phenoxy) is 3. The molecule has 23 heavy (non-hydrogen) atoms. The van der Waals surface area contributed by atoms with Gasteiger partial charge in [0.2, 0.25) is 6.79 Å². The molecule has 2 heterocycles. The van der Waals surface area contributed by atoms with Crippen molar-refractivity contribution in [3.63, 3.8) is 0 Å². The maximum atomic E-state index is 11.9. The largest absolute Gasteiger partial charge is 0.454 e. The monoisotopic (exact) mass is 356 g/mol. The number of hydrogen-bond donors (Lipinski definition) is 2. The summed E-state index contributed by atoms with van der Waals surface area (Å²) in [5, 5.41) is 3.18. The summed E-state index contributed by atoms with van der Waals surface area (Å²) in [5.74, 6) is -0.258. The molecule has 1 aliphatic rings. The van der Waals surface area contributed by atoms with Crippen molar-refractivity contribution < 1.29 is 23.8 Å². The molecular formula is C14H10Cl2N2O5. The summed E-state index contributed by atoms with van der Waals surface area (Å²) in [7, 11) is 0. The lowest BCUT2D eigenvalue weighted by Crippen LogP contribution is -2.21. The number of H-pyrrole nitrogens is 1. The summed E-state index contributed by atoms with van der Waals surface area (Å²) in [6.45, 7) is -0.375. The number of benzene rings is 1. The zero-order valence-electron chi connectivity index (χ0n) is 11.5. The molecule has 1 amide bonds. The Morgan fingerprint density at radius 3 is 2.65 bits per heavy atom. The van der Waals surface area contributed by atoms with E-state index < -0.39 is 18.5 Å². The van der Waals surface area contributed by atoms with Crippen LogP contribution in [0.1, 0.15) is 10.5 Å². The van der Waals surface area contributed by atoms with Gasteiger partial charge in [0.15, 0.2) is 18.1 Å². The zero-order valence-corrected chi connectivity index (χ0v) is 13.0. The zero-order chi connectivity index (χ0) is 16.4. The highest BCUT2D eigenvalue weighted by molar-refractivity contribution is 6.34. The second-order valence-electron chi connectivity index (χ2n) is 4.54. The topological polar surface area (TPSA) is 89.7 Å². The van der Waals surface area contributed by atoms with Crippen molar-refractivity contribution in [1.29, 1.82) is 0 Å². The fourth-order valence-corrected chi connectivity index (χ4v) is 2.26. The molecule has 0 saturated heterocycles.